The van der Waals surface area contributed by atoms with Gasteiger partial charge in [0.05, 0.1) is 0 Å². The lowest BCUT2D eigenvalue weighted by molar-refractivity contribution is 0.757. The molecule has 0 aromatic rings. The Hall–Kier alpha value is -1.01. The van der Waals surface area contributed by atoms with Crippen LogP contribution in [0.3, 0.4) is 0 Å². The number of halogens is 1. The summed E-state index contributed by atoms with van der Waals surface area (Å²) >= 11 is 6.50. The molecule has 0 saturated carbocycles. The van der Waals surface area contributed by atoms with Crippen LogP contribution in [-0.2, 0) is 0 Å². The summed E-state index contributed by atoms with van der Waals surface area (Å²) in [5.41, 5.74) is 6.98. The monoisotopic (exact) mass is 302 g/mol. The largest absolute Gasteiger partial charge is 0.0992 e. The van der Waals surface area contributed by atoms with Crippen molar-refractivity contribution in [1.82, 2.24) is 0 Å². The topological polar surface area (TPSA) is 0 Å². The molecule has 2 aliphatic rings. The first-order chi connectivity index (χ1) is 10.1. The summed E-state index contributed by atoms with van der Waals surface area (Å²) in [5, 5.41) is 0.910. The molecule has 0 saturated heterocycles. The van der Waals surface area contributed by atoms with Gasteiger partial charge >= 0.3 is 0 Å². The Morgan fingerprint density at radius 1 is 1.10 bits per heavy atom. The first-order valence-electron chi connectivity index (χ1n) is 8.14. The van der Waals surface area contributed by atoms with Crippen LogP contribution in [0.1, 0.15) is 65.2 Å². The fraction of sp³-hybridized carbons (Fsp3) is 0.500. The lowest BCUT2D eigenvalue weighted by Crippen LogP contribution is -1.91. The quantitative estimate of drug-likeness (QED) is 0.457. The van der Waals surface area contributed by atoms with E-state index in [4.69, 9.17) is 11.6 Å². The Balaban J connectivity index is 2.20. The Labute approximate surface area is 135 Å². The third kappa shape index (κ3) is 5.04. The lowest BCUT2D eigenvalue weighted by atomic mass is 9.97. The summed E-state index contributed by atoms with van der Waals surface area (Å²) in [4.78, 5) is 0. The van der Waals surface area contributed by atoms with Crippen LogP contribution in [0.5, 0.6) is 0 Å². The van der Waals surface area contributed by atoms with Crippen molar-refractivity contribution in [2.24, 2.45) is 0 Å². The van der Waals surface area contributed by atoms with Gasteiger partial charge in [0.25, 0.3) is 0 Å². The van der Waals surface area contributed by atoms with Crippen molar-refractivity contribution in [1.29, 1.82) is 0 Å². The molecule has 0 atom stereocenters. The summed E-state index contributed by atoms with van der Waals surface area (Å²) in [5.74, 6) is 0. The van der Waals surface area contributed by atoms with Crippen molar-refractivity contribution < 1.29 is 0 Å². The zero-order valence-electron chi connectivity index (χ0n) is 13.5. The van der Waals surface area contributed by atoms with Gasteiger partial charge < -0.3 is 0 Å². The van der Waals surface area contributed by atoms with Gasteiger partial charge in [0, 0.05) is 5.03 Å². The summed E-state index contributed by atoms with van der Waals surface area (Å²) in [6.45, 7) is 8.58. The van der Waals surface area contributed by atoms with E-state index in [0.29, 0.717) is 0 Å². The van der Waals surface area contributed by atoms with Crippen molar-refractivity contribution in [3.8, 4) is 0 Å². The normalized spacial score (nSPS) is 24.0. The van der Waals surface area contributed by atoms with Gasteiger partial charge in [-0.1, -0.05) is 58.7 Å². The van der Waals surface area contributed by atoms with Crippen LogP contribution in [0.4, 0.5) is 0 Å². The number of rotatable bonds is 1. The van der Waals surface area contributed by atoms with Gasteiger partial charge in [0.1, 0.15) is 0 Å². The average Bonchev–Trinajstić information content (AvgIpc) is 2.52. The van der Waals surface area contributed by atoms with Crippen LogP contribution in [0.15, 0.2) is 57.7 Å². The van der Waals surface area contributed by atoms with E-state index in [2.05, 4.69) is 38.7 Å². The minimum absolute atomic E-state index is 0.909. The van der Waals surface area contributed by atoms with Crippen molar-refractivity contribution in [3.63, 3.8) is 0 Å². The second-order valence-electron chi connectivity index (χ2n) is 6.48. The molecule has 0 spiro atoms. The van der Waals surface area contributed by atoms with E-state index in [1.807, 2.05) is 0 Å². The molecule has 0 fully saturated rings. The molecular weight excluding hydrogens is 276 g/mol. The van der Waals surface area contributed by atoms with E-state index in [0.717, 1.165) is 17.9 Å². The fourth-order valence-corrected chi connectivity index (χ4v) is 3.42. The van der Waals surface area contributed by atoms with Gasteiger partial charge in [-0.2, -0.15) is 0 Å². The van der Waals surface area contributed by atoms with Gasteiger partial charge in [0.15, 0.2) is 0 Å². The molecule has 0 aromatic carbocycles. The highest BCUT2D eigenvalue weighted by Crippen LogP contribution is 2.32. The number of hydrogen-bond donors (Lipinski definition) is 0. The highest BCUT2D eigenvalue weighted by molar-refractivity contribution is 6.32. The SMILES string of the molecule is C=C1CC=C(Cl)C(C=C2CCCC=C(C)CCC2)=C(C)C1. The number of hydrogen-bond acceptors (Lipinski definition) is 0. The zero-order valence-corrected chi connectivity index (χ0v) is 14.2. The molecule has 2 aliphatic carbocycles. The Bertz CT molecular complexity index is 526. The van der Waals surface area contributed by atoms with E-state index in [1.54, 1.807) is 11.1 Å². The predicted octanol–water partition coefficient (Wildman–Crippen LogP) is 7.00. The molecule has 0 amide bonds. The molecule has 0 radical (unpaired) electrons. The highest BCUT2D eigenvalue weighted by Gasteiger charge is 2.12. The summed E-state index contributed by atoms with van der Waals surface area (Å²) in [6.07, 6.45) is 16.1. The molecule has 0 bridgehead atoms. The average molecular weight is 303 g/mol. The van der Waals surface area contributed by atoms with Crippen molar-refractivity contribution in [3.05, 3.63) is 57.7 Å². The maximum Gasteiger partial charge on any atom is 0.0441 e. The molecule has 0 nitrogen and oxygen atoms in total. The maximum atomic E-state index is 6.50. The Morgan fingerprint density at radius 3 is 2.67 bits per heavy atom. The molecule has 0 N–H and O–H groups in total. The molecule has 2 rings (SSSR count). The number of allylic oxidation sites excluding steroid dienone is 9. The van der Waals surface area contributed by atoms with Gasteiger partial charge in [-0.05, 0) is 70.8 Å². The van der Waals surface area contributed by atoms with Gasteiger partial charge in [-0.15, -0.1) is 0 Å². The smallest absolute Gasteiger partial charge is 0.0441 e. The predicted molar refractivity (Wildman–Crippen MR) is 94.6 cm³/mol. The van der Waals surface area contributed by atoms with Gasteiger partial charge in [0.2, 0.25) is 0 Å². The molecule has 21 heavy (non-hydrogen) atoms. The van der Waals surface area contributed by atoms with E-state index in [1.165, 1.54) is 55.2 Å². The van der Waals surface area contributed by atoms with Crippen LogP contribution in [0.2, 0.25) is 0 Å². The fourth-order valence-electron chi connectivity index (χ4n) is 3.13. The molecule has 1 heteroatoms. The summed E-state index contributed by atoms with van der Waals surface area (Å²) < 4.78 is 0. The Morgan fingerprint density at radius 2 is 1.86 bits per heavy atom. The standard InChI is InChI=1S/C20H27Cl/c1-15-7-4-5-9-18(10-6-8-15)14-19-17(3)13-16(2)11-12-20(19)21/h7,12,14H,2,4-6,8-11,13H2,1,3H3. The van der Waals surface area contributed by atoms with E-state index in [9.17, 15) is 0 Å². The zero-order chi connectivity index (χ0) is 15.2. The summed E-state index contributed by atoms with van der Waals surface area (Å²) in [6, 6.07) is 0. The van der Waals surface area contributed by atoms with Crippen LogP contribution in [-0.4, -0.2) is 0 Å². The van der Waals surface area contributed by atoms with Gasteiger partial charge in [-0.3, -0.25) is 0 Å². The maximum absolute atomic E-state index is 6.50. The molecular formula is C20H27Cl. The van der Waals surface area contributed by atoms with Crippen LogP contribution < -0.4 is 0 Å². The molecule has 0 unspecified atom stereocenters. The van der Waals surface area contributed by atoms with Crippen molar-refractivity contribution in [2.45, 2.75) is 65.2 Å². The van der Waals surface area contributed by atoms with Gasteiger partial charge in [-0.25, -0.2) is 0 Å². The minimum atomic E-state index is 0.909. The summed E-state index contributed by atoms with van der Waals surface area (Å²) in [7, 11) is 0. The van der Waals surface area contributed by atoms with E-state index >= 15 is 0 Å². The van der Waals surface area contributed by atoms with Crippen molar-refractivity contribution in [2.75, 3.05) is 0 Å². The molecule has 0 heterocycles. The first-order valence-corrected chi connectivity index (χ1v) is 8.51. The molecule has 0 aromatic heterocycles. The highest BCUT2D eigenvalue weighted by atomic mass is 35.5. The first kappa shape index (κ1) is 16.4. The Kier molecular flexibility index (Phi) is 6.11. The van der Waals surface area contributed by atoms with E-state index < -0.39 is 0 Å². The third-order valence-electron chi connectivity index (χ3n) is 4.41. The minimum Gasteiger partial charge on any atom is -0.0992 e. The van der Waals surface area contributed by atoms with E-state index in [-0.39, 0.29) is 0 Å². The third-order valence-corrected chi connectivity index (χ3v) is 4.77. The van der Waals surface area contributed by atoms with Crippen LogP contribution in [0, 0.1) is 0 Å². The van der Waals surface area contributed by atoms with Crippen LogP contribution in [0.25, 0.3) is 0 Å². The van der Waals surface area contributed by atoms with Crippen molar-refractivity contribution >= 4 is 11.6 Å². The molecule has 114 valence electrons. The lowest BCUT2D eigenvalue weighted by Gasteiger charge is -2.10. The second kappa shape index (κ2) is 7.84. The van der Waals surface area contributed by atoms with Crippen LogP contribution >= 0.6 is 11.6 Å². The molecule has 0 aliphatic heterocycles. The second-order valence-corrected chi connectivity index (χ2v) is 6.88.